The van der Waals surface area contributed by atoms with Gasteiger partial charge >= 0.3 is 0 Å². The number of hydrogen-bond donors (Lipinski definition) is 2. The normalized spacial score (nSPS) is 14.3. The van der Waals surface area contributed by atoms with E-state index >= 15 is 0 Å². The van der Waals surface area contributed by atoms with Gasteiger partial charge in [-0.25, -0.2) is 9.97 Å². The number of aryl methyl sites for hydroxylation is 1. The van der Waals surface area contributed by atoms with Crippen LogP contribution < -0.4 is 10.2 Å². The first-order valence-electron chi connectivity index (χ1n) is 9.76. The van der Waals surface area contributed by atoms with Gasteiger partial charge in [-0.1, -0.05) is 36.4 Å². The fourth-order valence-corrected chi connectivity index (χ4v) is 3.58. The summed E-state index contributed by atoms with van der Waals surface area (Å²) in [5, 5.41) is 11.9. The van der Waals surface area contributed by atoms with E-state index in [4.69, 9.17) is 14.7 Å². The first kappa shape index (κ1) is 17.6. The maximum absolute atomic E-state index is 5.50. The van der Waals surface area contributed by atoms with E-state index in [0.29, 0.717) is 19.0 Å². The number of aromatic nitrogens is 4. The zero-order chi connectivity index (χ0) is 19.6. The number of para-hydroxylation sites is 1. The largest absolute Gasteiger partial charge is 0.378 e. The molecule has 0 bridgehead atoms. The third kappa shape index (κ3) is 3.52. The Balaban J connectivity index is 1.58. The predicted octanol–water partition coefficient (Wildman–Crippen LogP) is 3.91. The maximum atomic E-state index is 5.50. The first-order valence-corrected chi connectivity index (χ1v) is 9.76. The second-order valence-corrected chi connectivity index (χ2v) is 7.09. The average Bonchev–Trinajstić information content (AvgIpc) is 3.17. The molecule has 5 rings (SSSR count). The van der Waals surface area contributed by atoms with E-state index in [1.165, 1.54) is 0 Å². The van der Waals surface area contributed by atoms with Gasteiger partial charge < -0.3 is 15.0 Å². The Hall–Kier alpha value is -3.45. The quantitative estimate of drug-likeness (QED) is 0.554. The lowest BCUT2D eigenvalue weighted by Gasteiger charge is -2.28. The molecule has 2 N–H and O–H groups in total. The molecule has 0 amide bonds. The number of H-pyrrole nitrogens is 1. The molecule has 7 heteroatoms. The highest BCUT2D eigenvalue weighted by Crippen LogP contribution is 2.28. The molecule has 0 spiro atoms. The summed E-state index contributed by atoms with van der Waals surface area (Å²) in [5.41, 5.74) is 3.15. The van der Waals surface area contributed by atoms with Crippen LogP contribution in [0.5, 0.6) is 0 Å². The summed E-state index contributed by atoms with van der Waals surface area (Å²) in [7, 11) is 0. The summed E-state index contributed by atoms with van der Waals surface area (Å²) in [6.07, 6.45) is 0. The monoisotopic (exact) mass is 386 g/mol. The van der Waals surface area contributed by atoms with E-state index < -0.39 is 0 Å². The number of fused-ring (bicyclic) bond motifs is 1. The van der Waals surface area contributed by atoms with Crippen molar-refractivity contribution in [3.8, 4) is 11.4 Å². The second kappa shape index (κ2) is 7.52. The van der Waals surface area contributed by atoms with Gasteiger partial charge in [0.2, 0.25) is 0 Å². The van der Waals surface area contributed by atoms with Crippen LogP contribution >= 0.6 is 0 Å². The SMILES string of the molecule is Cc1ccccc1-c1nc(Nc2n[nH]c3ccccc23)cc(N2CCOCC2)n1. The Morgan fingerprint density at radius 1 is 1.00 bits per heavy atom. The minimum atomic E-state index is 0.703. The summed E-state index contributed by atoms with van der Waals surface area (Å²) < 4.78 is 5.50. The Labute approximate surface area is 168 Å². The van der Waals surface area contributed by atoms with Gasteiger partial charge in [0.25, 0.3) is 0 Å². The molecule has 0 aliphatic carbocycles. The minimum Gasteiger partial charge on any atom is -0.378 e. The minimum absolute atomic E-state index is 0.703. The van der Waals surface area contributed by atoms with Crippen LogP contribution in [0.25, 0.3) is 22.3 Å². The van der Waals surface area contributed by atoms with Crippen LogP contribution in [-0.2, 0) is 4.74 Å². The molecule has 1 saturated heterocycles. The number of ether oxygens (including phenoxy) is 1. The second-order valence-electron chi connectivity index (χ2n) is 7.09. The summed E-state index contributed by atoms with van der Waals surface area (Å²) in [6.45, 7) is 5.12. The number of aromatic amines is 1. The van der Waals surface area contributed by atoms with Crippen molar-refractivity contribution >= 4 is 28.4 Å². The predicted molar refractivity (Wildman–Crippen MR) is 115 cm³/mol. The van der Waals surface area contributed by atoms with Crippen LogP contribution in [0, 0.1) is 6.92 Å². The van der Waals surface area contributed by atoms with Crippen LogP contribution in [-0.4, -0.2) is 46.5 Å². The molecule has 1 fully saturated rings. The summed E-state index contributed by atoms with van der Waals surface area (Å²) in [4.78, 5) is 11.9. The lowest BCUT2D eigenvalue weighted by molar-refractivity contribution is 0.122. The smallest absolute Gasteiger partial charge is 0.164 e. The lowest BCUT2D eigenvalue weighted by atomic mass is 10.1. The lowest BCUT2D eigenvalue weighted by Crippen LogP contribution is -2.36. The molecule has 0 unspecified atom stereocenters. The van der Waals surface area contributed by atoms with Crippen LogP contribution in [0.3, 0.4) is 0 Å². The number of hydrogen-bond acceptors (Lipinski definition) is 6. The Morgan fingerprint density at radius 2 is 1.79 bits per heavy atom. The number of anilines is 3. The van der Waals surface area contributed by atoms with Crippen molar-refractivity contribution in [3.63, 3.8) is 0 Å². The molecule has 3 heterocycles. The molecule has 0 saturated carbocycles. The molecule has 7 nitrogen and oxygen atoms in total. The maximum Gasteiger partial charge on any atom is 0.164 e. The van der Waals surface area contributed by atoms with Gasteiger partial charge in [0.05, 0.1) is 18.7 Å². The van der Waals surface area contributed by atoms with E-state index in [1.807, 2.05) is 42.5 Å². The molecule has 146 valence electrons. The third-order valence-corrected chi connectivity index (χ3v) is 5.15. The van der Waals surface area contributed by atoms with Crippen molar-refractivity contribution < 1.29 is 4.74 Å². The fraction of sp³-hybridized carbons (Fsp3) is 0.227. The zero-order valence-corrected chi connectivity index (χ0v) is 16.2. The Morgan fingerprint density at radius 3 is 2.66 bits per heavy atom. The zero-order valence-electron chi connectivity index (χ0n) is 16.2. The van der Waals surface area contributed by atoms with Crippen LogP contribution in [0.1, 0.15) is 5.56 Å². The number of benzene rings is 2. The van der Waals surface area contributed by atoms with Crippen LogP contribution in [0.4, 0.5) is 17.5 Å². The van der Waals surface area contributed by atoms with Crippen molar-refractivity contribution in [2.24, 2.45) is 0 Å². The standard InChI is InChI=1S/C22H22N6O/c1-15-6-2-3-7-16(15)21-23-19(14-20(25-21)28-10-12-29-13-11-28)24-22-17-8-4-5-9-18(17)26-27-22/h2-9,14H,10-13H2,1H3,(H2,23,24,25,26,27). The van der Waals surface area contributed by atoms with Crippen LogP contribution in [0.2, 0.25) is 0 Å². The molecular formula is C22H22N6O. The third-order valence-electron chi connectivity index (χ3n) is 5.15. The van der Waals surface area contributed by atoms with E-state index in [2.05, 4.69) is 39.5 Å². The van der Waals surface area contributed by atoms with E-state index in [-0.39, 0.29) is 0 Å². The van der Waals surface area contributed by atoms with Gasteiger partial charge in [-0.2, -0.15) is 5.10 Å². The number of morpholine rings is 1. The van der Waals surface area contributed by atoms with E-state index in [1.54, 1.807) is 0 Å². The van der Waals surface area contributed by atoms with Crippen molar-refractivity contribution in [2.45, 2.75) is 6.92 Å². The van der Waals surface area contributed by atoms with Crippen molar-refractivity contribution in [3.05, 3.63) is 60.2 Å². The molecule has 1 aliphatic heterocycles. The van der Waals surface area contributed by atoms with Crippen LogP contribution in [0.15, 0.2) is 54.6 Å². The number of nitrogens with zero attached hydrogens (tertiary/aromatic N) is 4. The van der Waals surface area contributed by atoms with Gasteiger partial charge in [0.15, 0.2) is 11.6 Å². The average molecular weight is 386 g/mol. The van der Waals surface area contributed by atoms with E-state index in [0.717, 1.165) is 52.6 Å². The molecular weight excluding hydrogens is 364 g/mol. The number of nitrogens with one attached hydrogen (secondary N) is 2. The molecule has 4 aromatic rings. The molecule has 0 radical (unpaired) electrons. The highest BCUT2D eigenvalue weighted by atomic mass is 16.5. The number of rotatable bonds is 4. The van der Waals surface area contributed by atoms with Crippen molar-refractivity contribution in [2.75, 3.05) is 36.5 Å². The molecule has 2 aromatic carbocycles. The highest BCUT2D eigenvalue weighted by Gasteiger charge is 2.17. The van der Waals surface area contributed by atoms with Crippen molar-refractivity contribution in [1.29, 1.82) is 0 Å². The molecule has 29 heavy (non-hydrogen) atoms. The summed E-state index contributed by atoms with van der Waals surface area (Å²) >= 11 is 0. The van der Waals surface area contributed by atoms with Gasteiger partial charge in [-0.05, 0) is 24.6 Å². The first-order chi connectivity index (χ1) is 14.3. The highest BCUT2D eigenvalue weighted by molar-refractivity contribution is 5.91. The summed E-state index contributed by atoms with van der Waals surface area (Å²) in [6, 6.07) is 18.2. The van der Waals surface area contributed by atoms with Gasteiger partial charge in [-0.15, -0.1) is 0 Å². The van der Waals surface area contributed by atoms with Gasteiger partial charge in [0, 0.05) is 30.1 Å². The fourth-order valence-electron chi connectivity index (χ4n) is 3.58. The molecule has 1 aliphatic rings. The van der Waals surface area contributed by atoms with Gasteiger partial charge in [0.1, 0.15) is 11.6 Å². The van der Waals surface area contributed by atoms with E-state index in [9.17, 15) is 0 Å². The molecule has 2 aromatic heterocycles. The Bertz CT molecular complexity index is 1150. The Kier molecular flexibility index (Phi) is 4.57. The van der Waals surface area contributed by atoms with Gasteiger partial charge in [-0.3, -0.25) is 5.10 Å². The summed E-state index contributed by atoms with van der Waals surface area (Å²) in [5.74, 6) is 3.07. The topological polar surface area (TPSA) is 79.0 Å². The van der Waals surface area contributed by atoms with Crippen molar-refractivity contribution in [1.82, 2.24) is 20.2 Å². The molecule has 0 atom stereocenters.